The molecule has 0 spiro atoms. The van der Waals surface area contributed by atoms with Crippen molar-refractivity contribution in [1.82, 2.24) is 9.97 Å². The van der Waals surface area contributed by atoms with Gasteiger partial charge < -0.3 is 4.90 Å². The van der Waals surface area contributed by atoms with Crippen LogP contribution in [-0.4, -0.2) is 29.3 Å². The van der Waals surface area contributed by atoms with Crippen LogP contribution in [0.5, 0.6) is 0 Å². The molecule has 0 aromatic carbocycles. The molecule has 78 valence electrons. The van der Waals surface area contributed by atoms with Crippen LogP contribution in [0.3, 0.4) is 0 Å². The summed E-state index contributed by atoms with van der Waals surface area (Å²) in [5, 5.41) is 0. The number of aromatic nitrogens is 2. The standard InChI is InChI=1S/C11H13N3O/c1-3-5-14(6-4-2)11-12-7-10(9-15)8-13-11/h1,7-9H,4-6H2,2H3. The Morgan fingerprint density at radius 2 is 2.20 bits per heavy atom. The Hall–Kier alpha value is -1.89. The lowest BCUT2D eigenvalue weighted by atomic mass is 10.4. The summed E-state index contributed by atoms with van der Waals surface area (Å²) < 4.78 is 0. The minimum atomic E-state index is 0.468. The molecular weight excluding hydrogens is 190 g/mol. The van der Waals surface area contributed by atoms with Gasteiger partial charge in [0.1, 0.15) is 0 Å². The molecule has 0 N–H and O–H groups in total. The van der Waals surface area contributed by atoms with E-state index in [-0.39, 0.29) is 0 Å². The summed E-state index contributed by atoms with van der Waals surface area (Å²) >= 11 is 0. The first kappa shape index (κ1) is 11.2. The van der Waals surface area contributed by atoms with Crippen molar-refractivity contribution in [2.24, 2.45) is 0 Å². The van der Waals surface area contributed by atoms with Gasteiger partial charge in [-0.1, -0.05) is 12.8 Å². The average molecular weight is 203 g/mol. The lowest BCUT2D eigenvalue weighted by Crippen LogP contribution is -2.26. The number of aldehydes is 1. The molecule has 0 aliphatic heterocycles. The molecule has 0 amide bonds. The zero-order chi connectivity index (χ0) is 11.1. The summed E-state index contributed by atoms with van der Waals surface area (Å²) in [6.07, 6.45) is 9.93. The molecule has 4 heteroatoms. The molecule has 0 saturated heterocycles. The van der Waals surface area contributed by atoms with Crippen molar-refractivity contribution < 1.29 is 4.79 Å². The highest BCUT2D eigenvalue weighted by Gasteiger charge is 2.06. The Labute approximate surface area is 89.3 Å². The molecule has 1 aromatic heterocycles. The Balaban J connectivity index is 2.81. The highest BCUT2D eigenvalue weighted by Crippen LogP contribution is 2.06. The van der Waals surface area contributed by atoms with E-state index in [1.54, 1.807) is 0 Å². The van der Waals surface area contributed by atoms with Crippen LogP contribution in [0.2, 0.25) is 0 Å². The third-order valence-electron chi connectivity index (χ3n) is 1.85. The number of rotatable bonds is 5. The minimum absolute atomic E-state index is 0.468. The number of hydrogen-bond donors (Lipinski definition) is 0. The van der Waals surface area contributed by atoms with E-state index in [4.69, 9.17) is 6.42 Å². The van der Waals surface area contributed by atoms with Crippen LogP contribution >= 0.6 is 0 Å². The normalized spacial score (nSPS) is 9.33. The fourth-order valence-electron chi connectivity index (χ4n) is 1.19. The molecule has 0 unspecified atom stereocenters. The summed E-state index contributed by atoms with van der Waals surface area (Å²) in [6.45, 7) is 3.35. The van der Waals surface area contributed by atoms with Crippen LogP contribution in [-0.2, 0) is 0 Å². The second-order valence-electron chi connectivity index (χ2n) is 3.06. The van der Waals surface area contributed by atoms with E-state index < -0.39 is 0 Å². The first-order valence-corrected chi connectivity index (χ1v) is 4.77. The van der Waals surface area contributed by atoms with Crippen LogP contribution < -0.4 is 4.90 Å². The Morgan fingerprint density at radius 1 is 1.53 bits per heavy atom. The van der Waals surface area contributed by atoms with Gasteiger partial charge in [-0.3, -0.25) is 4.79 Å². The van der Waals surface area contributed by atoms with Crippen LogP contribution in [0.1, 0.15) is 23.7 Å². The van der Waals surface area contributed by atoms with E-state index in [0.717, 1.165) is 19.3 Å². The van der Waals surface area contributed by atoms with Gasteiger partial charge in [0.15, 0.2) is 6.29 Å². The Morgan fingerprint density at radius 3 is 2.67 bits per heavy atom. The van der Waals surface area contributed by atoms with Crippen LogP contribution in [0.15, 0.2) is 12.4 Å². The number of nitrogens with zero attached hydrogens (tertiary/aromatic N) is 3. The van der Waals surface area contributed by atoms with E-state index in [9.17, 15) is 4.79 Å². The van der Waals surface area contributed by atoms with Crippen molar-refractivity contribution >= 4 is 12.2 Å². The summed E-state index contributed by atoms with van der Waals surface area (Å²) in [5.41, 5.74) is 0.468. The number of hydrogen-bond acceptors (Lipinski definition) is 4. The molecule has 0 atom stereocenters. The van der Waals surface area contributed by atoms with Crippen LogP contribution in [0.4, 0.5) is 5.95 Å². The van der Waals surface area contributed by atoms with E-state index >= 15 is 0 Å². The van der Waals surface area contributed by atoms with Gasteiger partial charge in [0.05, 0.1) is 12.1 Å². The van der Waals surface area contributed by atoms with Crippen molar-refractivity contribution in [2.75, 3.05) is 18.0 Å². The Bertz CT molecular complexity index is 353. The molecule has 15 heavy (non-hydrogen) atoms. The first-order valence-electron chi connectivity index (χ1n) is 4.77. The molecule has 1 heterocycles. The molecular formula is C11H13N3O. The minimum Gasteiger partial charge on any atom is -0.330 e. The van der Waals surface area contributed by atoms with Gasteiger partial charge in [0, 0.05) is 18.9 Å². The number of carbonyl (C=O) groups is 1. The largest absolute Gasteiger partial charge is 0.330 e. The molecule has 0 bridgehead atoms. The van der Waals surface area contributed by atoms with Crippen molar-refractivity contribution in [3.63, 3.8) is 0 Å². The maximum Gasteiger partial charge on any atom is 0.226 e. The molecule has 0 aliphatic rings. The second-order valence-corrected chi connectivity index (χ2v) is 3.06. The predicted octanol–water partition coefficient (Wildman–Crippen LogP) is 1.14. The van der Waals surface area contributed by atoms with Gasteiger partial charge in [-0.25, -0.2) is 9.97 Å². The highest BCUT2D eigenvalue weighted by molar-refractivity contribution is 5.73. The van der Waals surface area contributed by atoms with Gasteiger partial charge in [-0.15, -0.1) is 6.42 Å². The molecule has 0 fully saturated rings. The fraction of sp³-hybridized carbons (Fsp3) is 0.364. The van der Waals surface area contributed by atoms with Gasteiger partial charge in [0.2, 0.25) is 5.95 Å². The zero-order valence-electron chi connectivity index (χ0n) is 8.68. The third kappa shape index (κ3) is 3.06. The van der Waals surface area contributed by atoms with Gasteiger partial charge >= 0.3 is 0 Å². The quantitative estimate of drug-likeness (QED) is 0.531. The number of carbonyl (C=O) groups excluding carboxylic acids is 1. The second kappa shape index (κ2) is 5.76. The molecule has 4 nitrogen and oxygen atoms in total. The number of anilines is 1. The maximum atomic E-state index is 10.4. The number of terminal acetylenes is 1. The van der Waals surface area contributed by atoms with Crippen molar-refractivity contribution in [3.8, 4) is 12.3 Å². The lowest BCUT2D eigenvalue weighted by Gasteiger charge is -2.18. The summed E-state index contributed by atoms with van der Waals surface area (Å²) in [6, 6.07) is 0. The molecule has 0 saturated carbocycles. The maximum absolute atomic E-state index is 10.4. The van der Waals surface area contributed by atoms with E-state index in [2.05, 4.69) is 22.8 Å². The fourth-order valence-corrected chi connectivity index (χ4v) is 1.19. The van der Waals surface area contributed by atoms with E-state index in [1.807, 2.05) is 4.90 Å². The topological polar surface area (TPSA) is 46.1 Å². The summed E-state index contributed by atoms with van der Waals surface area (Å²) in [4.78, 5) is 20.5. The molecule has 1 rings (SSSR count). The van der Waals surface area contributed by atoms with Crippen LogP contribution in [0.25, 0.3) is 0 Å². The predicted molar refractivity (Wildman–Crippen MR) is 58.8 cm³/mol. The van der Waals surface area contributed by atoms with Crippen LogP contribution in [0, 0.1) is 12.3 Å². The zero-order valence-corrected chi connectivity index (χ0v) is 8.68. The summed E-state index contributed by atoms with van der Waals surface area (Å²) in [5.74, 6) is 3.13. The molecule has 0 radical (unpaired) electrons. The Kier molecular flexibility index (Phi) is 4.30. The monoisotopic (exact) mass is 203 g/mol. The average Bonchev–Trinajstić information content (AvgIpc) is 2.29. The van der Waals surface area contributed by atoms with Crippen molar-refractivity contribution in [1.29, 1.82) is 0 Å². The van der Waals surface area contributed by atoms with Crippen molar-refractivity contribution in [3.05, 3.63) is 18.0 Å². The summed E-state index contributed by atoms with van der Waals surface area (Å²) in [7, 11) is 0. The van der Waals surface area contributed by atoms with E-state index in [1.165, 1.54) is 12.4 Å². The lowest BCUT2D eigenvalue weighted by molar-refractivity contribution is 0.112. The molecule has 0 aliphatic carbocycles. The molecule has 1 aromatic rings. The van der Waals surface area contributed by atoms with Gasteiger partial charge in [0.25, 0.3) is 0 Å². The smallest absolute Gasteiger partial charge is 0.226 e. The SMILES string of the molecule is C#CCN(CCC)c1ncc(C=O)cn1. The first-order chi connectivity index (χ1) is 7.31. The third-order valence-corrected chi connectivity index (χ3v) is 1.85. The van der Waals surface area contributed by atoms with Gasteiger partial charge in [-0.2, -0.15) is 0 Å². The van der Waals surface area contributed by atoms with E-state index in [0.29, 0.717) is 18.1 Å². The van der Waals surface area contributed by atoms with Gasteiger partial charge in [-0.05, 0) is 6.42 Å². The highest BCUT2D eigenvalue weighted by atomic mass is 16.1. The van der Waals surface area contributed by atoms with Crippen molar-refractivity contribution in [2.45, 2.75) is 13.3 Å².